The quantitative estimate of drug-likeness (QED) is 0.541. The van der Waals surface area contributed by atoms with E-state index in [1.54, 1.807) is 16.8 Å². The molecule has 2 aromatic carbocycles. The fraction of sp³-hybridized carbons (Fsp3) is 0. The lowest BCUT2D eigenvalue weighted by Gasteiger charge is -2.02. The van der Waals surface area contributed by atoms with Gasteiger partial charge in [0.1, 0.15) is 17.5 Å². The molecule has 0 saturated carbocycles. The van der Waals surface area contributed by atoms with Crippen molar-refractivity contribution in [3.05, 3.63) is 88.9 Å². The number of hydrogen-bond donors (Lipinski definition) is 0. The Labute approximate surface area is 141 Å². The zero-order valence-electron chi connectivity index (χ0n) is 13.0. The van der Waals surface area contributed by atoms with E-state index in [-0.39, 0.29) is 11.4 Å². The van der Waals surface area contributed by atoms with E-state index in [1.807, 2.05) is 30.3 Å². The summed E-state index contributed by atoms with van der Waals surface area (Å²) < 4.78 is 15.9. The van der Waals surface area contributed by atoms with E-state index in [2.05, 4.69) is 15.2 Å². The maximum atomic E-state index is 13.2. The fourth-order valence-electron chi connectivity index (χ4n) is 2.46. The van der Waals surface area contributed by atoms with Gasteiger partial charge in [-0.1, -0.05) is 30.3 Å². The summed E-state index contributed by atoms with van der Waals surface area (Å²) >= 11 is 0. The number of hydrogen-bond acceptors (Lipinski definition) is 4. The maximum Gasteiger partial charge on any atom is 0.285 e. The average molecular weight is 333 g/mol. The Hall–Kier alpha value is -3.61. The van der Waals surface area contributed by atoms with Gasteiger partial charge in [-0.2, -0.15) is 14.9 Å². The van der Waals surface area contributed by atoms with E-state index >= 15 is 0 Å². The van der Waals surface area contributed by atoms with Gasteiger partial charge in [-0.05, 0) is 29.8 Å². The van der Waals surface area contributed by atoms with Gasteiger partial charge in [0.25, 0.3) is 5.56 Å². The molecule has 0 aliphatic carbocycles. The van der Waals surface area contributed by atoms with Crippen LogP contribution in [0.5, 0.6) is 0 Å². The van der Waals surface area contributed by atoms with Gasteiger partial charge >= 0.3 is 0 Å². The molecule has 0 atom stereocenters. The zero-order valence-corrected chi connectivity index (χ0v) is 13.0. The first-order valence-electron chi connectivity index (χ1n) is 7.53. The average Bonchev–Trinajstić information content (AvgIpc) is 3.07. The van der Waals surface area contributed by atoms with Crippen molar-refractivity contribution in [2.24, 2.45) is 5.10 Å². The summed E-state index contributed by atoms with van der Waals surface area (Å²) in [5, 5.41) is 8.65. The van der Waals surface area contributed by atoms with Crippen LogP contribution in [-0.2, 0) is 0 Å². The Morgan fingerprint density at radius 3 is 2.72 bits per heavy atom. The lowest BCUT2D eigenvalue weighted by Crippen LogP contribution is -2.17. The SMILES string of the molecule is O=c1c2cnn(-c3ccccc3)c2ncn1/N=C\c1cccc(F)c1. The van der Waals surface area contributed by atoms with Gasteiger partial charge in [0.05, 0.1) is 18.1 Å². The van der Waals surface area contributed by atoms with Gasteiger partial charge in [-0.15, -0.1) is 0 Å². The number of rotatable bonds is 3. The Balaban J connectivity index is 1.76. The third-order valence-electron chi connectivity index (χ3n) is 3.65. The van der Waals surface area contributed by atoms with E-state index in [1.165, 1.54) is 30.9 Å². The van der Waals surface area contributed by atoms with Crippen LogP contribution in [0.1, 0.15) is 5.56 Å². The highest BCUT2D eigenvalue weighted by molar-refractivity contribution is 5.79. The number of aromatic nitrogens is 4. The minimum absolute atomic E-state index is 0.347. The molecule has 0 radical (unpaired) electrons. The van der Waals surface area contributed by atoms with Gasteiger partial charge in [-0.25, -0.2) is 14.1 Å². The molecule has 7 heteroatoms. The minimum Gasteiger partial charge on any atom is -0.266 e. The van der Waals surface area contributed by atoms with Crippen molar-refractivity contribution in [2.75, 3.05) is 0 Å². The van der Waals surface area contributed by atoms with E-state index in [0.717, 1.165) is 10.4 Å². The molecule has 0 bridgehead atoms. The topological polar surface area (TPSA) is 65.1 Å². The summed E-state index contributed by atoms with van der Waals surface area (Å²) in [6, 6.07) is 15.4. The molecule has 0 aliphatic rings. The van der Waals surface area contributed by atoms with E-state index in [9.17, 15) is 9.18 Å². The Bertz CT molecular complexity index is 1130. The zero-order chi connectivity index (χ0) is 17.2. The van der Waals surface area contributed by atoms with Gasteiger partial charge in [0.15, 0.2) is 5.65 Å². The third kappa shape index (κ3) is 2.83. The molecule has 6 nitrogen and oxygen atoms in total. The molecule has 4 aromatic rings. The minimum atomic E-state index is -0.367. The second-order valence-corrected chi connectivity index (χ2v) is 5.32. The normalized spacial score (nSPS) is 11.4. The van der Waals surface area contributed by atoms with Crippen molar-refractivity contribution in [3.8, 4) is 5.69 Å². The number of nitrogens with zero attached hydrogens (tertiary/aromatic N) is 5. The molecule has 2 aromatic heterocycles. The van der Waals surface area contributed by atoms with E-state index < -0.39 is 0 Å². The van der Waals surface area contributed by atoms with Gasteiger partial charge < -0.3 is 0 Å². The molecular weight excluding hydrogens is 321 g/mol. The summed E-state index contributed by atoms with van der Waals surface area (Å²) in [5.74, 6) is -0.367. The fourth-order valence-corrected chi connectivity index (χ4v) is 2.46. The second-order valence-electron chi connectivity index (χ2n) is 5.32. The van der Waals surface area contributed by atoms with Crippen LogP contribution in [0, 0.1) is 5.82 Å². The van der Waals surface area contributed by atoms with Crippen molar-refractivity contribution in [3.63, 3.8) is 0 Å². The van der Waals surface area contributed by atoms with Gasteiger partial charge in [0.2, 0.25) is 0 Å². The second kappa shape index (κ2) is 6.12. The highest BCUT2D eigenvalue weighted by atomic mass is 19.1. The Kier molecular flexibility index (Phi) is 3.66. The van der Waals surface area contributed by atoms with E-state index in [4.69, 9.17) is 0 Å². The highest BCUT2D eigenvalue weighted by Gasteiger charge is 2.10. The summed E-state index contributed by atoms with van der Waals surface area (Å²) in [6.07, 6.45) is 4.19. The van der Waals surface area contributed by atoms with Gasteiger partial charge in [0, 0.05) is 0 Å². The molecule has 0 N–H and O–H groups in total. The van der Waals surface area contributed by atoms with E-state index in [0.29, 0.717) is 16.6 Å². The van der Waals surface area contributed by atoms with Crippen LogP contribution in [0.2, 0.25) is 0 Å². The van der Waals surface area contributed by atoms with Crippen LogP contribution < -0.4 is 5.56 Å². The molecule has 0 amide bonds. The first kappa shape index (κ1) is 14.9. The van der Waals surface area contributed by atoms with Crippen molar-refractivity contribution in [1.29, 1.82) is 0 Å². The molecule has 0 unspecified atom stereocenters. The standard InChI is InChI=1S/C18H12FN5O/c19-14-6-4-5-13(9-14)10-21-23-12-20-17-16(18(23)25)11-22-24(17)15-7-2-1-3-8-15/h1-12H/b21-10-. The van der Waals surface area contributed by atoms with Crippen LogP contribution in [-0.4, -0.2) is 25.7 Å². The number of para-hydroxylation sites is 1. The van der Waals surface area contributed by atoms with Crippen molar-refractivity contribution < 1.29 is 4.39 Å². The number of halogens is 1. The van der Waals surface area contributed by atoms with Gasteiger partial charge in [-0.3, -0.25) is 4.79 Å². The van der Waals surface area contributed by atoms with Crippen molar-refractivity contribution in [1.82, 2.24) is 19.4 Å². The molecule has 25 heavy (non-hydrogen) atoms. The molecule has 122 valence electrons. The summed E-state index contributed by atoms with van der Waals surface area (Å²) in [4.78, 5) is 16.8. The molecule has 2 heterocycles. The molecule has 0 fully saturated rings. The first-order valence-corrected chi connectivity index (χ1v) is 7.53. The first-order chi connectivity index (χ1) is 12.2. The summed E-state index contributed by atoms with van der Waals surface area (Å²) in [6.45, 7) is 0. The molecule has 4 rings (SSSR count). The van der Waals surface area contributed by atoms with Crippen molar-refractivity contribution in [2.45, 2.75) is 0 Å². The largest absolute Gasteiger partial charge is 0.285 e. The van der Waals surface area contributed by atoms with Crippen LogP contribution in [0.15, 0.2) is 77.0 Å². The Morgan fingerprint density at radius 2 is 1.92 bits per heavy atom. The van der Waals surface area contributed by atoms with Crippen LogP contribution >= 0.6 is 0 Å². The van der Waals surface area contributed by atoms with Crippen molar-refractivity contribution >= 4 is 17.2 Å². The summed E-state index contributed by atoms with van der Waals surface area (Å²) in [7, 11) is 0. The van der Waals surface area contributed by atoms with Crippen LogP contribution in [0.3, 0.4) is 0 Å². The number of fused-ring (bicyclic) bond motifs is 1. The Morgan fingerprint density at radius 1 is 1.08 bits per heavy atom. The maximum absolute atomic E-state index is 13.2. The highest BCUT2D eigenvalue weighted by Crippen LogP contribution is 2.12. The summed E-state index contributed by atoms with van der Waals surface area (Å²) in [5.41, 5.74) is 1.46. The monoisotopic (exact) mass is 333 g/mol. The van der Waals surface area contributed by atoms with Crippen LogP contribution in [0.4, 0.5) is 4.39 Å². The smallest absolute Gasteiger partial charge is 0.266 e. The number of benzene rings is 2. The molecular formula is C18H12FN5O. The van der Waals surface area contributed by atoms with Crippen LogP contribution in [0.25, 0.3) is 16.7 Å². The molecule has 0 saturated heterocycles. The predicted octanol–water partition coefficient (Wildman–Crippen LogP) is 2.60. The predicted molar refractivity (Wildman–Crippen MR) is 92.5 cm³/mol. The molecule has 0 spiro atoms. The molecule has 0 aliphatic heterocycles. The lowest BCUT2D eigenvalue weighted by atomic mass is 10.2. The third-order valence-corrected chi connectivity index (χ3v) is 3.65. The lowest BCUT2D eigenvalue weighted by molar-refractivity contribution is 0.627.